The third-order valence-electron chi connectivity index (χ3n) is 4.59. The second kappa shape index (κ2) is 7.96. The van der Waals surface area contributed by atoms with Gasteiger partial charge in [0.1, 0.15) is 0 Å². The smallest absolute Gasteiger partial charge is 0.317 e. The van der Waals surface area contributed by atoms with Gasteiger partial charge in [0, 0.05) is 31.8 Å². The molecular weight excluding hydrogens is 256 g/mol. The number of nitrogens with zero attached hydrogens (tertiary/aromatic N) is 1. The van der Waals surface area contributed by atoms with Gasteiger partial charge in [-0.05, 0) is 31.6 Å². The van der Waals surface area contributed by atoms with Crippen LogP contribution in [0.1, 0.15) is 44.9 Å². The van der Waals surface area contributed by atoms with E-state index in [-0.39, 0.29) is 13.2 Å². The van der Waals surface area contributed by atoms with E-state index in [9.17, 15) is 4.79 Å². The van der Waals surface area contributed by atoms with Crippen LogP contribution in [0.15, 0.2) is 0 Å². The quantitative estimate of drug-likeness (QED) is 0.680. The van der Waals surface area contributed by atoms with Gasteiger partial charge >= 0.3 is 5.97 Å². The molecule has 20 heavy (non-hydrogen) atoms. The molecule has 0 spiro atoms. The molecule has 0 bridgehead atoms. The zero-order chi connectivity index (χ0) is 14.4. The Hall–Kier alpha value is -0.650. The standard InChI is InChI=1S/C15H28N2O3/c18-7-6-12-8-14(10-17(9-12)11-15(19)20)16-13-4-2-1-3-5-13/h12-14,16,18H,1-11H2,(H,19,20). The number of nitrogens with one attached hydrogen (secondary N) is 1. The topological polar surface area (TPSA) is 72.8 Å². The molecule has 1 aliphatic heterocycles. The van der Waals surface area contributed by atoms with Gasteiger partial charge in [0.2, 0.25) is 0 Å². The van der Waals surface area contributed by atoms with E-state index in [1.807, 2.05) is 4.90 Å². The summed E-state index contributed by atoms with van der Waals surface area (Å²) in [5.41, 5.74) is 0. The van der Waals surface area contributed by atoms with Crippen LogP contribution in [-0.4, -0.2) is 59.4 Å². The summed E-state index contributed by atoms with van der Waals surface area (Å²) < 4.78 is 0. The molecule has 5 nitrogen and oxygen atoms in total. The number of likely N-dealkylation sites (tertiary alicyclic amines) is 1. The van der Waals surface area contributed by atoms with E-state index in [4.69, 9.17) is 10.2 Å². The van der Waals surface area contributed by atoms with E-state index < -0.39 is 5.97 Å². The van der Waals surface area contributed by atoms with Gasteiger partial charge in [-0.2, -0.15) is 0 Å². The van der Waals surface area contributed by atoms with Crippen LogP contribution in [-0.2, 0) is 4.79 Å². The summed E-state index contributed by atoms with van der Waals surface area (Å²) in [6, 6.07) is 0.982. The van der Waals surface area contributed by atoms with Gasteiger partial charge in [-0.15, -0.1) is 0 Å². The van der Waals surface area contributed by atoms with Crippen LogP contribution < -0.4 is 5.32 Å². The Labute approximate surface area is 121 Å². The molecule has 2 atom stereocenters. The molecule has 2 fully saturated rings. The van der Waals surface area contributed by atoms with Crippen LogP contribution in [0.4, 0.5) is 0 Å². The lowest BCUT2D eigenvalue weighted by Crippen LogP contribution is -2.53. The third-order valence-corrected chi connectivity index (χ3v) is 4.59. The maximum atomic E-state index is 10.9. The van der Waals surface area contributed by atoms with Crippen LogP contribution in [0.2, 0.25) is 0 Å². The number of hydrogen-bond acceptors (Lipinski definition) is 4. The number of aliphatic carboxylic acids is 1. The largest absolute Gasteiger partial charge is 0.480 e. The highest BCUT2D eigenvalue weighted by molar-refractivity contribution is 5.69. The van der Waals surface area contributed by atoms with Gasteiger partial charge in [-0.3, -0.25) is 9.69 Å². The van der Waals surface area contributed by atoms with Crippen molar-refractivity contribution in [1.29, 1.82) is 0 Å². The molecule has 0 aromatic carbocycles. The number of carboxylic acid groups (broad SMARTS) is 1. The molecule has 116 valence electrons. The van der Waals surface area contributed by atoms with Gasteiger partial charge in [0.05, 0.1) is 6.54 Å². The van der Waals surface area contributed by atoms with Gasteiger partial charge < -0.3 is 15.5 Å². The molecular formula is C15H28N2O3. The van der Waals surface area contributed by atoms with Crippen molar-refractivity contribution in [2.45, 2.75) is 57.0 Å². The Bertz CT molecular complexity index is 305. The second-order valence-electron chi connectivity index (χ2n) is 6.40. The van der Waals surface area contributed by atoms with Crippen LogP contribution in [0.25, 0.3) is 0 Å². The van der Waals surface area contributed by atoms with Crippen molar-refractivity contribution < 1.29 is 15.0 Å². The van der Waals surface area contributed by atoms with Crippen molar-refractivity contribution in [3.05, 3.63) is 0 Å². The Morgan fingerprint density at radius 1 is 1.15 bits per heavy atom. The molecule has 0 amide bonds. The van der Waals surface area contributed by atoms with Crippen molar-refractivity contribution in [2.24, 2.45) is 5.92 Å². The number of carbonyl (C=O) groups is 1. The van der Waals surface area contributed by atoms with Crippen LogP contribution in [0.5, 0.6) is 0 Å². The first-order valence-corrected chi connectivity index (χ1v) is 7.98. The highest BCUT2D eigenvalue weighted by Crippen LogP contribution is 2.23. The van der Waals surface area contributed by atoms with Gasteiger partial charge in [-0.25, -0.2) is 0 Å². The van der Waals surface area contributed by atoms with E-state index in [0.717, 1.165) is 25.9 Å². The minimum atomic E-state index is -0.758. The number of carboxylic acids is 1. The minimum absolute atomic E-state index is 0.116. The Kier molecular flexibility index (Phi) is 6.26. The van der Waals surface area contributed by atoms with Crippen molar-refractivity contribution in [2.75, 3.05) is 26.2 Å². The zero-order valence-electron chi connectivity index (χ0n) is 12.3. The molecule has 2 aliphatic rings. The molecule has 0 aromatic heterocycles. The van der Waals surface area contributed by atoms with Gasteiger partial charge in [0.15, 0.2) is 0 Å². The molecule has 1 aliphatic carbocycles. The average Bonchev–Trinajstić information content (AvgIpc) is 2.39. The average molecular weight is 284 g/mol. The predicted octanol–water partition coefficient (Wildman–Crippen LogP) is 1.07. The fourth-order valence-corrected chi connectivity index (χ4v) is 3.74. The van der Waals surface area contributed by atoms with Crippen LogP contribution in [0, 0.1) is 5.92 Å². The van der Waals surface area contributed by atoms with Gasteiger partial charge in [0.25, 0.3) is 0 Å². The summed E-state index contributed by atoms with van der Waals surface area (Å²) in [5.74, 6) is -0.347. The summed E-state index contributed by atoms with van der Waals surface area (Å²) in [7, 11) is 0. The lowest BCUT2D eigenvalue weighted by Gasteiger charge is -2.39. The Morgan fingerprint density at radius 3 is 2.55 bits per heavy atom. The first-order chi connectivity index (χ1) is 9.67. The Balaban J connectivity index is 1.86. The molecule has 2 rings (SSSR count). The molecule has 1 heterocycles. The highest BCUT2D eigenvalue weighted by Gasteiger charge is 2.29. The summed E-state index contributed by atoms with van der Waals surface area (Å²) >= 11 is 0. The molecule has 0 aromatic rings. The van der Waals surface area contributed by atoms with Crippen LogP contribution >= 0.6 is 0 Å². The number of aliphatic hydroxyl groups excluding tert-OH is 1. The summed E-state index contributed by atoms with van der Waals surface area (Å²) in [6.45, 7) is 1.94. The second-order valence-corrected chi connectivity index (χ2v) is 6.40. The molecule has 1 saturated heterocycles. The molecule has 1 saturated carbocycles. The van der Waals surface area contributed by atoms with Crippen molar-refractivity contribution in [3.8, 4) is 0 Å². The molecule has 0 radical (unpaired) electrons. The first kappa shape index (κ1) is 15.7. The van der Waals surface area contributed by atoms with Crippen LogP contribution in [0.3, 0.4) is 0 Å². The maximum absolute atomic E-state index is 10.9. The first-order valence-electron chi connectivity index (χ1n) is 7.98. The van der Waals surface area contributed by atoms with E-state index in [1.54, 1.807) is 0 Å². The lowest BCUT2D eigenvalue weighted by molar-refractivity contribution is -0.138. The molecule has 5 heteroatoms. The minimum Gasteiger partial charge on any atom is -0.480 e. The molecule has 2 unspecified atom stereocenters. The van der Waals surface area contributed by atoms with Gasteiger partial charge in [-0.1, -0.05) is 19.3 Å². The highest BCUT2D eigenvalue weighted by atomic mass is 16.4. The number of hydrogen-bond donors (Lipinski definition) is 3. The lowest BCUT2D eigenvalue weighted by atomic mass is 9.89. The van der Waals surface area contributed by atoms with Crippen molar-refractivity contribution >= 4 is 5.97 Å². The summed E-state index contributed by atoms with van der Waals surface area (Å²) in [5, 5.41) is 21.9. The van der Waals surface area contributed by atoms with E-state index in [2.05, 4.69) is 5.32 Å². The fourth-order valence-electron chi connectivity index (χ4n) is 3.74. The SMILES string of the molecule is O=C(O)CN1CC(CCO)CC(NC2CCCCC2)C1. The van der Waals surface area contributed by atoms with E-state index >= 15 is 0 Å². The molecule has 3 N–H and O–H groups in total. The van der Waals surface area contributed by atoms with Crippen molar-refractivity contribution in [3.63, 3.8) is 0 Å². The summed E-state index contributed by atoms with van der Waals surface area (Å²) in [4.78, 5) is 12.9. The predicted molar refractivity (Wildman–Crippen MR) is 77.7 cm³/mol. The van der Waals surface area contributed by atoms with Crippen molar-refractivity contribution in [1.82, 2.24) is 10.2 Å². The number of piperidine rings is 1. The monoisotopic (exact) mass is 284 g/mol. The Morgan fingerprint density at radius 2 is 1.90 bits per heavy atom. The fraction of sp³-hybridized carbons (Fsp3) is 0.933. The zero-order valence-corrected chi connectivity index (χ0v) is 12.3. The number of rotatable bonds is 6. The summed E-state index contributed by atoms with van der Waals surface area (Å²) in [6.07, 6.45) is 8.31. The van der Waals surface area contributed by atoms with E-state index in [1.165, 1.54) is 32.1 Å². The normalized spacial score (nSPS) is 29.4. The van der Waals surface area contributed by atoms with E-state index in [0.29, 0.717) is 18.0 Å². The third kappa shape index (κ3) is 5.04. The maximum Gasteiger partial charge on any atom is 0.317 e. The number of aliphatic hydroxyl groups is 1.